The summed E-state index contributed by atoms with van der Waals surface area (Å²) in [5.41, 5.74) is 6.73. The molecule has 15 heavy (non-hydrogen) atoms. The minimum atomic E-state index is 0.144. The Morgan fingerprint density at radius 3 is 3.13 bits per heavy atom. The second-order valence-electron chi connectivity index (χ2n) is 2.90. The van der Waals surface area contributed by atoms with E-state index in [4.69, 9.17) is 10.4 Å². The van der Waals surface area contributed by atoms with Crippen molar-refractivity contribution in [2.24, 2.45) is 11.9 Å². The molecule has 0 amide bonds. The van der Waals surface area contributed by atoms with E-state index in [0.29, 0.717) is 17.0 Å². The van der Waals surface area contributed by atoms with E-state index in [-0.39, 0.29) is 5.95 Å². The predicted molar refractivity (Wildman–Crippen MR) is 58.1 cm³/mol. The van der Waals surface area contributed by atoms with E-state index in [1.165, 1.54) is 7.27 Å². The van der Waals surface area contributed by atoms with Crippen molar-refractivity contribution in [1.29, 1.82) is 0 Å². The van der Waals surface area contributed by atoms with E-state index in [2.05, 4.69) is 19.8 Å². The monoisotopic (exact) mass is 202 g/mol. The first-order valence-electron chi connectivity index (χ1n) is 4.24. The van der Waals surface area contributed by atoms with Gasteiger partial charge < -0.3 is 0 Å². The van der Waals surface area contributed by atoms with Gasteiger partial charge in [0.1, 0.15) is 0 Å². The summed E-state index contributed by atoms with van der Waals surface area (Å²) < 4.78 is 6.90. The van der Waals surface area contributed by atoms with Crippen molar-refractivity contribution in [3.05, 3.63) is 6.33 Å². The number of anilines is 1. The molecule has 0 aliphatic carbocycles. The van der Waals surface area contributed by atoms with Crippen LogP contribution >= 0.6 is 0 Å². The Morgan fingerprint density at radius 2 is 2.40 bits per heavy atom. The molecule has 9 heteroatoms. The molecule has 0 fully saturated rings. The van der Waals surface area contributed by atoms with Crippen LogP contribution in [0.15, 0.2) is 11.1 Å². The molecule has 0 saturated heterocycles. The average Bonchev–Trinajstić information content (AvgIpc) is 2.57. The fourth-order valence-electron chi connectivity index (χ4n) is 1.18. The van der Waals surface area contributed by atoms with Crippen LogP contribution in [0.2, 0.25) is 0 Å². The zero-order chi connectivity index (χ0) is 10.8. The molecule has 2 aromatic heterocycles. The van der Waals surface area contributed by atoms with Crippen LogP contribution < -0.4 is 10.4 Å². The van der Waals surface area contributed by atoms with E-state index in [9.17, 15) is 0 Å². The first-order chi connectivity index (χ1) is 7.22. The Bertz CT molecular complexity index is 524. The molecule has 2 rings (SSSR count). The Hall–Kier alpha value is -1.92. The Labute approximate surface area is 87.1 Å². The van der Waals surface area contributed by atoms with Crippen LogP contribution in [0.5, 0.6) is 5.88 Å². The molecular weight excluding hydrogens is 194 g/mol. The van der Waals surface area contributed by atoms with Gasteiger partial charge in [0.15, 0.2) is 0 Å². The molecule has 0 saturated carbocycles. The molecule has 0 aliphatic rings. The fourth-order valence-corrected chi connectivity index (χ4v) is 1.18. The molecule has 0 radical (unpaired) electrons. The zero-order valence-electron chi connectivity index (χ0n) is 8.38. The van der Waals surface area contributed by atoms with Gasteiger partial charge in [-0.05, 0) is 0 Å². The molecule has 2 heterocycles. The summed E-state index contributed by atoms with van der Waals surface area (Å²) in [5, 5.41) is 0. The number of nitrogen functional groups attached to an aromatic ring is 1. The molecule has 0 spiro atoms. The second-order valence-corrected chi connectivity index (χ2v) is 2.90. The second kappa shape index (κ2) is 3.68. The van der Waals surface area contributed by atoms with Crippen LogP contribution in [-0.4, -0.2) is 34.8 Å². The molecule has 2 aromatic rings. The van der Waals surface area contributed by atoms with E-state index in [0.717, 1.165) is 0 Å². The number of aromatic nitrogens is 4. The molecular formula is C6H8B2N6O. The normalized spacial score (nSPS) is 10.7. The van der Waals surface area contributed by atoms with Crippen LogP contribution in [0.3, 0.4) is 0 Å². The Kier molecular flexibility index (Phi) is 2.36. The van der Waals surface area contributed by atoms with E-state index >= 15 is 0 Å². The molecule has 0 aromatic carbocycles. The predicted octanol–water partition coefficient (Wildman–Crippen LogP) is -1.32. The number of imidazole rings is 1. The first kappa shape index (κ1) is 9.63. The Morgan fingerprint density at radius 1 is 1.60 bits per heavy atom. The van der Waals surface area contributed by atoms with Crippen molar-refractivity contribution in [3.8, 4) is 5.88 Å². The zero-order valence-corrected chi connectivity index (χ0v) is 8.38. The summed E-state index contributed by atoms with van der Waals surface area (Å²) in [6, 6.07) is 0. The maximum absolute atomic E-state index is 5.54. The topological polar surface area (TPSA) is 91.2 Å². The van der Waals surface area contributed by atoms with Gasteiger partial charge in [-0.2, -0.15) is 0 Å². The van der Waals surface area contributed by atoms with Gasteiger partial charge in [-0.15, -0.1) is 0 Å². The van der Waals surface area contributed by atoms with Crippen molar-refractivity contribution in [3.63, 3.8) is 0 Å². The molecule has 74 valence electrons. The SMILES string of the molecule is BN=BOc1nc(N)nc2c1ncn2C. The van der Waals surface area contributed by atoms with Gasteiger partial charge in [0, 0.05) is 0 Å². The average molecular weight is 202 g/mol. The summed E-state index contributed by atoms with van der Waals surface area (Å²) in [6.45, 7) is 0. The number of nitrogens with zero attached hydrogens (tertiary/aromatic N) is 5. The summed E-state index contributed by atoms with van der Waals surface area (Å²) >= 11 is 0. The van der Waals surface area contributed by atoms with Crippen molar-refractivity contribution in [1.82, 2.24) is 19.5 Å². The van der Waals surface area contributed by atoms with Crippen LogP contribution in [0.1, 0.15) is 0 Å². The molecule has 0 aliphatic heterocycles. The van der Waals surface area contributed by atoms with E-state index in [1.807, 2.05) is 7.05 Å². The molecule has 7 nitrogen and oxygen atoms in total. The third-order valence-electron chi connectivity index (χ3n) is 1.81. The fraction of sp³-hybridized carbons (Fsp3) is 0.167. The van der Waals surface area contributed by atoms with Gasteiger partial charge >= 0.3 is 86.3 Å². The van der Waals surface area contributed by atoms with Gasteiger partial charge in [0.05, 0.1) is 0 Å². The van der Waals surface area contributed by atoms with E-state index in [1.54, 1.807) is 18.9 Å². The van der Waals surface area contributed by atoms with Crippen LogP contribution in [0, 0.1) is 0 Å². The standard InChI is InChI=1S/C6H8B2N6O/c1-14-2-10-3-4(14)11-6(9)12-5(3)15-8-13-7/h2H,7H2,1H3,(H2,9,11,12). The molecule has 2 N–H and O–H groups in total. The third kappa shape index (κ3) is 1.67. The Balaban J connectivity index is 2.61. The number of nitrogens with two attached hydrogens (primary N) is 1. The number of hydrogen-bond acceptors (Lipinski definition) is 6. The number of hydrogen-bond donors (Lipinski definition) is 1. The van der Waals surface area contributed by atoms with Crippen molar-refractivity contribution < 1.29 is 4.65 Å². The van der Waals surface area contributed by atoms with E-state index < -0.39 is 0 Å². The third-order valence-corrected chi connectivity index (χ3v) is 1.81. The quantitative estimate of drug-likeness (QED) is 0.609. The van der Waals surface area contributed by atoms with Gasteiger partial charge in [0.2, 0.25) is 0 Å². The minimum absolute atomic E-state index is 0.144. The van der Waals surface area contributed by atoms with Crippen LogP contribution in [0.25, 0.3) is 11.2 Å². The molecule has 0 unspecified atom stereocenters. The van der Waals surface area contributed by atoms with Crippen molar-refractivity contribution in [2.45, 2.75) is 0 Å². The summed E-state index contributed by atoms with van der Waals surface area (Å²) in [6.07, 6.45) is 1.62. The van der Waals surface area contributed by atoms with Crippen molar-refractivity contribution in [2.75, 3.05) is 5.73 Å². The summed E-state index contributed by atoms with van der Waals surface area (Å²) in [4.78, 5) is 15.8. The van der Waals surface area contributed by atoms with Gasteiger partial charge in [0.25, 0.3) is 0 Å². The first-order valence-corrected chi connectivity index (χ1v) is 4.24. The summed E-state index contributed by atoms with van der Waals surface area (Å²) in [5.74, 6) is 0.453. The summed E-state index contributed by atoms with van der Waals surface area (Å²) in [7, 11) is 4.69. The number of aryl methyl sites for hydroxylation is 1. The van der Waals surface area contributed by atoms with Gasteiger partial charge in [-0.25, -0.2) is 0 Å². The van der Waals surface area contributed by atoms with Crippen LogP contribution in [0.4, 0.5) is 5.95 Å². The number of rotatable bonds is 2. The number of fused-ring (bicyclic) bond motifs is 1. The van der Waals surface area contributed by atoms with Gasteiger partial charge in [-0.1, -0.05) is 0 Å². The molecule has 0 bridgehead atoms. The van der Waals surface area contributed by atoms with Crippen molar-refractivity contribution >= 4 is 32.4 Å². The van der Waals surface area contributed by atoms with Gasteiger partial charge in [-0.3, -0.25) is 0 Å². The van der Waals surface area contributed by atoms with Crippen LogP contribution in [-0.2, 0) is 7.05 Å². The molecule has 0 atom stereocenters. The maximum atomic E-state index is 5.54.